The highest BCUT2D eigenvalue weighted by Gasteiger charge is 2.18. The van der Waals surface area contributed by atoms with Gasteiger partial charge in [-0.2, -0.15) is 11.3 Å². The minimum Gasteiger partial charge on any atom is -0.350 e. The fourth-order valence-electron chi connectivity index (χ4n) is 3.38. The lowest BCUT2D eigenvalue weighted by atomic mass is 10.0. The summed E-state index contributed by atoms with van der Waals surface area (Å²) >= 11 is 1.66. The van der Waals surface area contributed by atoms with E-state index in [-0.39, 0.29) is 11.9 Å². The molecule has 1 aromatic carbocycles. The number of benzene rings is 1. The third-order valence-electron chi connectivity index (χ3n) is 4.94. The van der Waals surface area contributed by atoms with E-state index in [2.05, 4.69) is 32.0 Å². The monoisotopic (exact) mass is 402 g/mol. The number of carbonyl (C=O) groups is 1. The van der Waals surface area contributed by atoms with Gasteiger partial charge in [-0.25, -0.2) is 4.98 Å². The molecule has 0 radical (unpaired) electrons. The molecule has 1 atom stereocenters. The summed E-state index contributed by atoms with van der Waals surface area (Å²) in [7, 11) is 4.05. The van der Waals surface area contributed by atoms with Crippen LogP contribution in [0.25, 0.3) is 22.2 Å². The smallest absolute Gasteiger partial charge is 0.252 e. The molecule has 0 fully saturated rings. The first-order valence-corrected chi connectivity index (χ1v) is 10.3. The molecule has 0 bridgehead atoms. The molecule has 1 amide bonds. The lowest BCUT2D eigenvalue weighted by Gasteiger charge is -2.24. The molecule has 3 heterocycles. The molecule has 0 unspecified atom stereocenters. The first-order valence-electron chi connectivity index (χ1n) is 9.40. The van der Waals surface area contributed by atoms with Gasteiger partial charge < -0.3 is 10.2 Å². The van der Waals surface area contributed by atoms with Gasteiger partial charge in [-0.3, -0.25) is 9.78 Å². The normalized spacial score (nSPS) is 12.2. The molecule has 0 spiro atoms. The van der Waals surface area contributed by atoms with Gasteiger partial charge in [-0.15, -0.1) is 0 Å². The van der Waals surface area contributed by atoms with Gasteiger partial charge in [0.15, 0.2) is 0 Å². The Kier molecular flexibility index (Phi) is 5.64. The van der Waals surface area contributed by atoms with Crippen LogP contribution >= 0.6 is 11.3 Å². The van der Waals surface area contributed by atoms with Crippen molar-refractivity contribution in [3.63, 3.8) is 0 Å². The van der Waals surface area contributed by atoms with Gasteiger partial charge in [0.1, 0.15) is 0 Å². The van der Waals surface area contributed by atoms with Crippen LogP contribution in [0.15, 0.2) is 71.7 Å². The van der Waals surface area contributed by atoms with Crippen LogP contribution < -0.4 is 5.32 Å². The summed E-state index contributed by atoms with van der Waals surface area (Å²) in [4.78, 5) is 24.1. The van der Waals surface area contributed by atoms with Gasteiger partial charge in [0.25, 0.3) is 5.91 Å². The van der Waals surface area contributed by atoms with E-state index in [1.807, 2.05) is 56.6 Å². The van der Waals surface area contributed by atoms with E-state index < -0.39 is 0 Å². The third kappa shape index (κ3) is 4.18. The van der Waals surface area contributed by atoms with Crippen LogP contribution in [-0.2, 0) is 0 Å². The van der Waals surface area contributed by atoms with Gasteiger partial charge in [0.05, 0.1) is 22.8 Å². The average molecular weight is 403 g/mol. The second-order valence-corrected chi connectivity index (χ2v) is 7.83. The second kappa shape index (κ2) is 8.51. The molecule has 29 heavy (non-hydrogen) atoms. The van der Waals surface area contributed by atoms with E-state index >= 15 is 0 Å². The van der Waals surface area contributed by atoms with Crippen LogP contribution in [0.2, 0.25) is 0 Å². The van der Waals surface area contributed by atoms with Crippen molar-refractivity contribution in [1.82, 2.24) is 20.2 Å². The van der Waals surface area contributed by atoms with Crippen molar-refractivity contribution in [2.45, 2.75) is 6.04 Å². The molecule has 3 aromatic heterocycles. The minimum absolute atomic E-state index is 0.0963. The fraction of sp³-hybridized carbons (Fsp3) is 0.174. The Labute approximate surface area is 174 Å². The van der Waals surface area contributed by atoms with Crippen LogP contribution in [0.1, 0.15) is 22.0 Å². The Morgan fingerprint density at radius 3 is 2.66 bits per heavy atom. The Hall–Kier alpha value is -3.09. The zero-order valence-electron chi connectivity index (χ0n) is 16.4. The molecule has 4 aromatic rings. The molecule has 0 saturated carbocycles. The first kappa shape index (κ1) is 19.2. The zero-order valence-corrected chi connectivity index (χ0v) is 17.2. The van der Waals surface area contributed by atoms with Gasteiger partial charge in [0, 0.05) is 29.9 Å². The number of amides is 1. The minimum atomic E-state index is -0.0963. The van der Waals surface area contributed by atoms with Crippen molar-refractivity contribution in [1.29, 1.82) is 0 Å². The highest BCUT2D eigenvalue weighted by atomic mass is 32.1. The van der Waals surface area contributed by atoms with E-state index in [0.29, 0.717) is 12.1 Å². The van der Waals surface area contributed by atoms with Gasteiger partial charge in [-0.1, -0.05) is 18.2 Å². The number of nitrogens with one attached hydrogen (secondary N) is 1. The van der Waals surface area contributed by atoms with E-state index in [4.69, 9.17) is 4.98 Å². The summed E-state index contributed by atoms with van der Waals surface area (Å²) in [6, 6.07) is 15.6. The number of nitrogens with zero attached hydrogens (tertiary/aromatic N) is 3. The largest absolute Gasteiger partial charge is 0.350 e. The van der Waals surface area contributed by atoms with Crippen LogP contribution in [-0.4, -0.2) is 41.4 Å². The van der Waals surface area contributed by atoms with Crippen molar-refractivity contribution in [3.05, 3.63) is 82.8 Å². The highest BCUT2D eigenvalue weighted by molar-refractivity contribution is 7.08. The number of pyridine rings is 2. The molecule has 4 rings (SSSR count). The number of carbonyl (C=O) groups excluding carboxylic acids is 1. The second-order valence-electron chi connectivity index (χ2n) is 7.05. The summed E-state index contributed by atoms with van der Waals surface area (Å²) in [5, 5.41) is 8.16. The average Bonchev–Trinajstić information content (AvgIpc) is 3.28. The summed E-state index contributed by atoms with van der Waals surface area (Å²) in [5.74, 6) is -0.0963. The summed E-state index contributed by atoms with van der Waals surface area (Å²) in [5.41, 5.74) is 4.33. The predicted molar refractivity (Wildman–Crippen MR) is 118 cm³/mol. The molecule has 0 aliphatic rings. The Bertz CT molecular complexity index is 1110. The quantitative estimate of drug-likeness (QED) is 0.520. The van der Waals surface area contributed by atoms with Gasteiger partial charge in [0.2, 0.25) is 0 Å². The van der Waals surface area contributed by atoms with Crippen molar-refractivity contribution in [2.75, 3.05) is 20.6 Å². The SMILES string of the molecule is CN(C)[C@H](CNC(=O)c1cc(-c2ccncc2)nc2ccccc12)c1ccsc1. The highest BCUT2D eigenvalue weighted by Crippen LogP contribution is 2.25. The summed E-state index contributed by atoms with van der Waals surface area (Å²) in [6.07, 6.45) is 3.46. The number of para-hydroxylation sites is 1. The lowest BCUT2D eigenvalue weighted by molar-refractivity contribution is 0.0943. The van der Waals surface area contributed by atoms with Crippen LogP contribution in [0.3, 0.4) is 0 Å². The molecule has 6 heteroatoms. The summed E-state index contributed by atoms with van der Waals surface area (Å²) in [6.45, 7) is 0.532. The van der Waals surface area contributed by atoms with E-state index in [0.717, 1.165) is 22.2 Å². The topological polar surface area (TPSA) is 58.1 Å². The first-order chi connectivity index (χ1) is 14.1. The number of likely N-dealkylation sites (N-methyl/N-ethyl adjacent to an activating group) is 1. The standard InChI is InChI=1S/C23H22N4OS/c1-27(2)22(17-9-12-29-15-17)14-25-23(28)19-13-21(16-7-10-24-11-8-16)26-20-6-4-3-5-18(19)20/h3-13,15,22H,14H2,1-2H3,(H,25,28)/t22-/m1/s1. The Morgan fingerprint density at radius 2 is 1.93 bits per heavy atom. The maximum absolute atomic E-state index is 13.2. The maximum Gasteiger partial charge on any atom is 0.252 e. The zero-order chi connectivity index (χ0) is 20.2. The molecule has 1 N–H and O–H groups in total. The third-order valence-corrected chi connectivity index (χ3v) is 5.65. The lowest BCUT2D eigenvalue weighted by Crippen LogP contribution is -2.34. The Balaban J connectivity index is 1.66. The number of thiophene rings is 1. The molecular weight excluding hydrogens is 380 g/mol. The van der Waals surface area contributed by atoms with E-state index in [1.54, 1.807) is 23.7 Å². The predicted octanol–water partition coefficient (Wildman–Crippen LogP) is 4.39. The molecule has 0 aliphatic carbocycles. The van der Waals surface area contributed by atoms with Gasteiger partial charge in [-0.05, 0) is 60.8 Å². The van der Waals surface area contributed by atoms with Gasteiger partial charge >= 0.3 is 0 Å². The molecule has 146 valence electrons. The molecule has 0 aliphatic heterocycles. The number of hydrogen-bond acceptors (Lipinski definition) is 5. The number of rotatable bonds is 6. The number of fused-ring (bicyclic) bond motifs is 1. The van der Waals surface area contributed by atoms with E-state index in [1.165, 1.54) is 5.56 Å². The maximum atomic E-state index is 13.2. The van der Waals surface area contributed by atoms with Crippen molar-refractivity contribution < 1.29 is 4.79 Å². The molecule has 5 nitrogen and oxygen atoms in total. The summed E-state index contributed by atoms with van der Waals surface area (Å²) < 4.78 is 0. The van der Waals surface area contributed by atoms with Crippen molar-refractivity contribution in [3.8, 4) is 11.3 Å². The van der Waals surface area contributed by atoms with Crippen molar-refractivity contribution >= 4 is 28.1 Å². The fourth-order valence-corrected chi connectivity index (χ4v) is 4.09. The molecule has 0 saturated heterocycles. The van der Waals surface area contributed by atoms with E-state index in [9.17, 15) is 4.79 Å². The number of hydrogen-bond donors (Lipinski definition) is 1. The Morgan fingerprint density at radius 1 is 1.14 bits per heavy atom. The molecular formula is C23H22N4OS. The van der Waals surface area contributed by atoms with Crippen LogP contribution in [0, 0.1) is 0 Å². The van der Waals surface area contributed by atoms with Crippen molar-refractivity contribution in [2.24, 2.45) is 0 Å². The number of aromatic nitrogens is 2. The van der Waals surface area contributed by atoms with Crippen LogP contribution in [0.5, 0.6) is 0 Å². The van der Waals surface area contributed by atoms with Crippen LogP contribution in [0.4, 0.5) is 0 Å².